The van der Waals surface area contributed by atoms with Crippen molar-refractivity contribution in [3.8, 4) is 11.3 Å². The second-order valence-corrected chi connectivity index (χ2v) is 5.04. The summed E-state index contributed by atoms with van der Waals surface area (Å²) in [5.74, 6) is 0.932. The highest BCUT2D eigenvalue weighted by Crippen LogP contribution is 2.20. The molecule has 0 aliphatic rings. The van der Waals surface area contributed by atoms with Gasteiger partial charge in [0.1, 0.15) is 5.69 Å². The van der Waals surface area contributed by atoms with Crippen molar-refractivity contribution in [2.45, 2.75) is 26.1 Å². The fourth-order valence-corrected chi connectivity index (χ4v) is 1.95. The van der Waals surface area contributed by atoms with Crippen molar-refractivity contribution in [2.24, 2.45) is 4.99 Å². The van der Waals surface area contributed by atoms with Crippen LogP contribution in [0.2, 0.25) is 0 Å². The summed E-state index contributed by atoms with van der Waals surface area (Å²) in [7, 11) is 0. The first-order valence-electron chi connectivity index (χ1n) is 7.58. The molecule has 2 aromatic rings. The lowest BCUT2D eigenvalue weighted by molar-refractivity contribution is -0.132. The third-order valence-corrected chi connectivity index (χ3v) is 3.06. The van der Waals surface area contributed by atoms with Gasteiger partial charge in [0.25, 0.3) is 0 Å². The molecule has 1 aromatic heterocycles. The largest absolute Gasteiger partial charge is 0.390 e. The predicted molar refractivity (Wildman–Crippen MR) is 85.4 cm³/mol. The number of alkyl halides is 3. The number of benzene rings is 1. The second-order valence-electron chi connectivity index (χ2n) is 5.04. The van der Waals surface area contributed by atoms with Gasteiger partial charge in [-0.05, 0) is 6.92 Å². The van der Waals surface area contributed by atoms with Gasteiger partial charge in [0.05, 0.1) is 13.0 Å². The summed E-state index contributed by atoms with van der Waals surface area (Å²) in [6.45, 7) is 2.36. The summed E-state index contributed by atoms with van der Waals surface area (Å²) in [6, 6.07) is 11.2. The summed E-state index contributed by atoms with van der Waals surface area (Å²) < 4.78 is 41.8. The van der Waals surface area contributed by atoms with Crippen LogP contribution in [0.5, 0.6) is 0 Å². The SMILES string of the molecule is CCNC(=NCc1cc(-c2ccccc2)on1)NCCC(F)(F)F. The third-order valence-electron chi connectivity index (χ3n) is 3.06. The van der Waals surface area contributed by atoms with Crippen LogP contribution in [0, 0.1) is 0 Å². The lowest BCUT2D eigenvalue weighted by Gasteiger charge is -2.12. The minimum absolute atomic E-state index is 0.206. The molecular weight excluding hydrogens is 321 g/mol. The molecule has 0 unspecified atom stereocenters. The smallest absolute Gasteiger partial charge is 0.357 e. The maximum Gasteiger partial charge on any atom is 0.390 e. The Kier molecular flexibility index (Phi) is 6.22. The monoisotopic (exact) mass is 340 g/mol. The molecule has 0 saturated carbocycles. The van der Waals surface area contributed by atoms with Crippen molar-refractivity contribution in [1.82, 2.24) is 15.8 Å². The Bertz CT molecular complexity index is 653. The highest BCUT2D eigenvalue weighted by atomic mass is 19.4. The fourth-order valence-electron chi connectivity index (χ4n) is 1.95. The Morgan fingerprint density at radius 3 is 2.62 bits per heavy atom. The Labute approximate surface area is 138 Å². The molecule has 0 bridgehead atoms. The summed E-state index contributed by atoms with van der Waals surface area (Å²) in [5, 5.41) is 9.46. The van der Waals surface area contributed by atoms with Gasteiger partial charge < -0.3 is 15.2 Å². The lowest BCUT2D eigenvalue weighted by Crippen LogP contribution is -2.38. The molecule has 0 amide bonds. The van der Waals surface area contributed by atoms with Gasteiger partial charge in [-0.2, -0.15) is 13.2 Å². The van der Waals surface area contributed by atoms with Gasteiger partial charge in [-0.15, -0.1) is 0 Å². The Morgan fingerprint density at radius 2 is 1.96 bits per heavy atom. The van der Waals surface area contributed by atoms with E-state index in [0.29, 0.717) is 24.0 Å². The third kappa shape index (κ3) is 5.94. The van der Waals surface area contributed by atoms with Gasteiger partial charge in [0, 0.05) is 24.7 Å². The van der Waals surface area contributed by atoms with E-state index in [1.54, 1.807) is 6.07 Å². The van der Waals surface area contributed by atoms with Gasteiger partial charge >= 0.3 is 6.18 Å². The molecule has 2 rings (SSSR count). The van der Waals surface area contributed by atoms with Crippen LogP contribution in [-0.2, 0) is 6.54 Å². The number of hydrogen-bond donors (Lipinski definition) is 2. The summed E-state index contributed by atoms with van der Waals surface area (Å²) in [4.78, 5) is 4.21. The average molecular weight is 340 g/mol. The summed E-state index contributed by atoms with van der Waals surface area (Å²) >= 11 is 0. The molecule has 8 heteroatoms. The zero-order valence-corrected chi connectivity index (χ0v) is 13.2. The minimum Gasteiger partial charge on any atom is -0.357 e. The topological polar surface area (TPSA) is 62.5 Å². The molecule has 0 atom stereocenters. The van der Waals surface area contributed by atoms with Gasteiger partial charge in [-0.25, -0.2) is 4.99 Å². The molecule has 1 heterocycles. The van der Waals surface area contributed by atoms with Crippen molar-refractivity contribution < 1.29 is 17.7 Å². The number of aromatic nitrogens is 1. The van der Waals surface area contributed by atoms with E-state index in [4.69, 9.17) is 4.52 Å². The van der Waals surface area contributed by atoms with E-state index in [2.05, 4.69) is 20.8 Å². The van der Waals surface area contributed by atoms with Gasteiger partial charge in [0.15, 0.2) is 11.7 Å². The van der Waals surface area contributed by atoms with Crippen molar-refractivity contribution in [3.63, 3.8) is 0 Å². The summed E-state index contributed by atoms with van der Waals surface area (Å²) in [5.41, 5.74) is 1.50. The fraction of sp³-hybridized carbons (Fsp3) is 0.375. The maximum atomic E-state index is 12.2. The number of guanidine groups is 1. The Morgan fingerprint density at radius 1 is 1.21 bits per heavy atom. The van der Waals surface area contributed by atoms with E-state index < -0.39 is 12.6 Å². The number of halogens is 3. The highest BCUT2D eigenvalue weighted by molar-refractivity contribution is 5.79. The van der Waals surface area contributed by atoms with Crippen LogP contribution in [0.15, 0.2) is 45.9 Å². The van der Waals surface area contributed by atoms with E-state index in [-0.39, 0.29) is 13.1 Å². The first-order chi connectivity index (χ1) is 11.5. The van der Waals surface area contributed by atoms with Crippen LogP contribution in [0.3, 0.4) is 0 Å². The second kappa shape index (κ2) is 8.37. The van der Waals surface area contributed by atoms with Gasteiger partial charge in [0.2, 0.25) is 0 Å². The first kappa shape index (κ1) is 17.8. The number of rotatable bonds is 6. The molecule has 0 spiro atoms. The standard InChI is InChI=1S/C16H19F3N4O/c1-2-20-15(21-9-8-16(17,18)19)22-11-13-10-14(24-23-13)12-6-4-3-5-7-12/h3-7,10H,2,8-9,11H2,1H3,(H2,20,21,22). The normalized spacial score (nSPS) is 12.2. The molecule has 0 fully saturated rings. The lowest BCUT2D eigenvalue weighted by atomic mass is 10.2. The number of nitrogens with zero attached hydrogens (tertiary/aromatic N) is 2. The van der Waals surface area contributed by atoms with E-state index in [9.17, 15) is 13.2 Å². The van der Waals surface area contributed by atoms with E-state index >= 15 is 0 Å². The molecule has 24 heavy (non-hydrogen) atoms. The molecule has 0 aliphatic carbocycles. The van der Waals surface area contributed by atoms with Crippen molar-refractivity contribution >= 4 is 5.96 Å². The van der Waals surface area contributed by atoms with Gasteiger partial charge in [-0.1, -0.05) is 35.5 Å². The average Bonchev–Trinajstić information content (AvgIpc) is 3.01. The molecule has 2 N–H and O–H groups in total. The van der Waals surface area contributed by atoms with Crippen molar-refractivity contribution in [1.29, 1.82) is 0 Å². The van der Waals surface area contributed by atoms with Crippen molar-refractivity contribution in [2.75, 3.05) is 13.1 Å². The van der Waals surface area contributed by atoms with Gasteiger partial charge in [-0.3, -0.25) is 0 Å². The Hall–Kier alpha value is -2.51. The van der Waals surface area contributed by atoms with Crippen molar-refractivity contribution in [3.05, 3.63) is 42.1 Å². The van der Waals surface area contributed by atoms with Crippen LogP contribution in [0.4, 0.5) is 13.2 Å². The van der Waals surface area contributed by atoms with Crippen LogP contribution in [0.1, 0.15) is 19.0 Å². The molecule has 1 aromatic carbocycles. The van der Waals surface area contributed by atoms with Crippen LogP contribution >= 0.6 is 0 Å². The van der Waals surface area contributed by atoms with Crippen LogP contribution in [0.25, 0.3) is 11.3 Å². The first-order valence-corrected chi connectivity index (χ1v) is 7.58. The molecule has 0 radical (unpaired) electrons. The molecule has 5 nitrogen and oxygen atoms in total. The zero-order chi connectivity index (χ0) is 17.4. The quantitative estimate of drug-likeness (QED) is 0.625. The van der Waals surface area contributed by atoms with E-state index in [0.717, 1.165) is 5.56 Å². The Balaban J connectivity index is 1.95. The summed E-state index contributed by atoms with van der Waals surface area (Å²) in [6.07, 6.45) is -5.11. The highest BCUT2D eigenvalue weighted by Gasteiger charge is 2.26. The predicted octanol–water partition coefficient (Wildman–Crippen LogP) is 3.35. The molecule has 0 aliphatic heterocycles. The van der Waals surface area contributed by atoms with Crippen LogP contribution in [-0.4, -0.2) is 30.4 Å². The number of hydrogen-bond acceptors (Lipinski definition) is 3. The molecular formula is C16H19F3N4O. The number of aliphatic imine (C=N–C) groups is 1. The minimum atomic E-state index is -4.19. The molecule has 130 valence electrons. The zero-order valence-electron chi connectivity index (χ0n) is 13.2. The molecule has 0 saturated heterocycles. The van der Waals surface area contributed by atoms with E-state index in [1.807, 2.05) is 37.3 Å². The van der Waals surface area contributed by atoms with E-state index in [1.165, 1.54) is 0 Å². The van der Waals surface area contributed by atoms with Crippen LogP contribution < -0.4 is 10.6 Å². The number of nitrogens with one attached hydrogen (secondary N) is 2. The maximum absolute atomic E-state index is 12.2.